The molecule has 0 aliphatic heterocycles. The number of para-hydroxylation sites is 1. The van der Waals surface area contributed by atoms with Gasteiger partial charge in [0, 0.05) is 0 Å². The molecule has 0 saturated carbocycles. The third kappa shape index (κ3) is 2.12. The summed E-state index contributed by atoms with van der Waals surface area (Å²) in [5.74, 6) is 1.37. The van der Waals surface area contributed by atoms with E-state index in [-0.39, 0.29) is 0 Å². The van der Waals surface area contributed by atoms with Crippen molar-refractivity contribution >= 4 is 23.3 Å². The molecule has 3 aromatic rings. The average Bonchev–Trinajstić information content (AvgIpc) is 3.01. The third-order valence-corrected chi connectivity index (χ3v) is 3.10. The topological polar surface area (TPSA) is 68.9 Å². The smallest absolute Gasteiger partial charge is 0.213 e. The fourth-order valence-electron chi connectivity index (χ4n) is 1.99. The molecule has 1 N–H and O–H groups in total. The second-order valence-corrected chi connectivity index (χ2v) is 4.33. The van der Waals surface area contributed by atoms with E-state index >= 15 is 0 Å². The van der Waals surface area contributed by atoms with Crippen LogP contribution in [-0.4, -0.2) is 26.3 Å². The normalized spacial score (nSPS) is 11.0. The van der Waals surface area contributed by atoms with Gasteiger partial charge >= 0.3 is 0 Å². The minimum Gasteiger partial charge on any atom is -0.492 e. The van der Waals surface area contributed by atoms with Crippen LogP contribution >= 0.6 is 12.2 Å². The van der Waals surface area contributed by atoms with Crippen LogP contribution in [0.15, 0.2) is 29.1 Å². The lowest BCUT2D eigenvalue weighted by Crippen LogP contribution is -2.01. The molecule has 2 aromatic heterocycles. The van der Waals surface area contributed by atoms with Gasteiger partial charge in [0.1, 0.15) is 11.3 Å². The molecule has 19 heavy (non-hydrogen) atoms. The standard InChI is InChI=1S/C12H12N4O2S/c1-2-17-9-5-3-4-8-11(9)14-12(19)16(8)6-10-13-7-18-15-10/h3-5,7H,2,6H2,1H3,(H,14,19). The predicted octanol–water partition coefficient (Wildman–Crippen LogP) is 2.53. The van der Waals surface area contributed by atoms with Gasteiger partial charge in [0.2, 0.25) is 6.39 Å². The van der Waals surface area contributed by atoms with Gasteiger partial charge in [-0.1, -0.05) is 11.2 Å². The summed E-state index contributed by atoms with van der Waals surface area (Å²) in [6, 6.07) is 5.82. The highest BCUT2D eigenvalue weighted by atomic mass is 32.1. The average molecular weight is 276 g/mol. The van der Waals surface area contributed by atoms with Crippen LogP contribution in [0.4, 0.5) is 0 Å². The molecule has 0 fully saturated rings. The highest BCUT2D eigenvalue weighted by Crippen LogP contribution is 2.25. The summed E-state index contributed by atoms with van der Waals surface area (Å²) in [4.78, 5) is 7.17. The minimum absolute atomic E-state index is 0.463. The van der Waals surface area contributed by atoms with E-state index < -0.39 is 0 Å². The van der Waals surface area contributed by atoms with Crippen molar-refractivity contribution in [1.82, 2.24) is 19.7 Å². The van der Waals surface area contributed by atoms with Crippen molar-refractivity contribution in [2.75, 3.05) is 6.61 Å². The molecular weight excluding hydrogens is 264 g/mol. The van der Waals surface area contributed by atoms with Gasteiger partial charge in [0.15, 0.2) is 10.6 Å². The lowest BCUT2D eigenvalue weighted by atomic mass is 10.3. The number of nitrogens with one attached hydrogen (secondary N) is 1. The number of hydrogen-bond donors (Lipinski definition) is 1. The van der Waals surface area contributed by atoms with Gasteiger partial charge in [0.05, 0.1) is 18.7 Å². The Morgan fingerprint density at radius 2 is 2.37 bits per heavy atom. The Kier molecular flexibility index (Phi) is 3.04. The fourth-order valence-corrected chi connectivity index (χ4v) is 2.26. The van der Waals surface area contributed by atoms with E-state index in [0.717, 1.165) is 16.8 Å². The monoisotopic (exact) mass is 276 g/mol. The lowest BCUT2D eigenvalue weighted by Gasteiger charge is -2.04. The van der Waals surface area contributed by atoms with E-state index in [2.05, 4.69) is 15.1 Å². The molecule has 0 bridgehead atoms. The predicted molar refractivity (Wildman–Crippen MR) is 71.7 cm³/mol. The number of benzene rings is 1. The quantitative estimate of drug-likeness (QED) is 0.741. The number of hydrogen-bond acceptors (Lipinski definition) is 5. The number of ether oxygens (including phenoxy) is 1. The van der Waals surface area contributed by atoms with E-state index in [1.165, 1.54) is 6.39 Å². The van der Waals surface area contributed by atoms with Crippen molar-refractivity contribution in [3.8, 4) is 5.75 Å². The van der Waals surface area contributed by atoms with Gasteiger partial charge in [-0.15, -0.1) is 0 Å². The van der Waals surface area contributed by atoms with E-state index in [9.17, 15) is 0 Å². The number of aromatic nitrogens is 4. The van der Waals surface area contributed by atoms with Gasteiger partial charge in [-0.05, 0) is 31.3 Å². The van der Waals surface area contributed by atoms with Gasteiger partial charge < -0.3 is 18.8 Å². The summed E-state index contributed by atoms with van der Waals surface area (Å²) in [6.45, 7) is 3.02. The highest BCUT2D eigenvalue weighted by molar-refractivity contribution is 7.71. The van der Waals surface area contributed by atoms with Crippen molar-refractivity contribution in [2.24, 2.45) is 0 Å². The molecule has 1 aromatic carbocycles. The third-order valence-electron chi connectivity index (χ3n) is 2.78. The van der Waals surface area contributed by atoms with Crippen molar-refractivity contribution in [2.45, 2.75) is 13.5 Å². The molecular formula is C12H12N4O2S. The van der Waals surface area contributed by atoms with E-state index in [0.29, 0.717) is 23.7 Å². The van der Waals surface area contributed by atoms with E-state index in [1.807, 2.05) is 29.7 Å². The van der Waals surface area contributed by atoms with Gasteiger partial charge in [-0.25, -0.2) is 0 Å². The highest BCUT2D eigenvalue weighted by Gasteiger charge is 2.10. The van der Waals surface area contributed by atoms with Crippen molar-refractivity contribution in [3.63, 3.8) is 0 Å². The van der Waals surface area contributed by atoms with Gasteiger partial charge in [-0.2, -0.15) is 4.98 Å². The maximum Gasteiger partial charge on any atom is 0.213 e. The summed E-state index contributed by atoms with van der Waals surface area (Å²) < 4.78 is 12.8. The summed E-state index contributed by atoms with van der Waals surface area (Å²) in [5, 5.41) is 3.80. The molecule has 0 spiro atoms. The molecule has 0 amide bonds. The van der Waals surface area contributed by atoms with Crippen molar-refractivity contribution < 1.29 is 9.26 Å². The maximum atomic E-state index is 5.58. The molecule has 0 saturated heterocycles. The van der Waals surface area contributed by atoms with Gasteiger partial charge in [0.25, 0.3) is 0 Å². The maximum absolute atomic E-state index is 5.58. The van der Waals surface area contributed by atoms with Crippen LogP contribution in [0.2, 0.25) is 0 Å². The minimum atomic E-state index is 0.463. The van der Waals surface area contributed by atoms with Crippen molar-refractivity contribution in [3.05, 3.63) is 35.2 Å². The molecule has 7 heteroatoms. The van der Waals surface area contributed by atoms with Crippen LogP contribution in [0.3, 0.4) is 0 Å². The number of nitrogens with zero attached hydrogens (tertiary/aromatic N) is 3. The summed E-state index contributed by atoms with van der Waals surface area (Å²) in [6.07, 6.45) is 1.30. The number of rotatable bonds is 4. The van der Waals surface area contributed by atoms with Crippen LogP contribution in [0.25, 0.3) is 11.0 Å². The van der Waals surface area contributed by atoms with Crippen LogP contribution < -0.4 is 4.74 Å². The second kappa shape index (κ2) is 4.85. The Hall–Kier alpha value is -2.15. The molecule has 0 aliphatic rings. The first-order valence-electron chi connectivity index (χ1n) is 5.89. The largest absolute Gasteiger partial charge is 0.492 e. The molecule has 3 rings (SSSR count). The van der Waals surface area contributed by atoms with Gasteiger partial charge in [-0.3, -0.25) is 0 Å². The van der Waals surface area contributed by atoms with E-state index in [1.54, 1.807) is 0 Å². The zero-order chi connectivity index (χ0) is 13.2. The molecule has 2 heterocycles. The zero-order valence-corrected chi connectivity index (χ0v) is 11.1. The first-order chi connectivity index (χ1) is 9.29. The Morgan fingerprint density at radius 1 is 1.47 bits per heavy atom. The van der Waals surface area contributed by atoms with Crippen LogP contribution in [0.5, 0.6) is 5.75 Å². The number of fused-ring (bicyclic) bond motifs is 1. The molecule has 0 unspecified atom stereocenters. The Morgan fingerprint density at radius 3 is 3.11 bits per heavy atom. The first kappa shape index (κ1) is 11.9. The van der Waals surface area contributed by atoms with Crippen LogP contribution in [0.1, 0.15) is 12.7 Å². The Balaban J connectivity index is 2.12. The summed E-state index contributed by atoms with van der Waals surface area (Å²) in [5.41, 5.74) is 1.85. The molecule has 0 radical (unpaired) electrons. The number of aromatic amines is 1. The second-order valence-electron chi connectivity index (χ2n) is 3.95. The molecule has 0 aliphatic carbocycles. The van der Waals surface area contributed by atoms with Crippen molar-refractivity contribution in [1.29, 1.82) is 0 Å². The SMILES string of the molecule is CCOc1cccc2c1[nH]c(=S)n2Cc1ncon1. The van der Waals surface area contributed by atoms with Crippen LogP contribution in [-0.2, 0) is 6.54 Å². The van der Waals surface area contributed by atoms with Crippen LogP contribution in [0, 0.1) is 4.77 Å². The Labute approximate surface area is 114 Å². The lowest BCUT2D eigenvalue weighted by molar-refractivity contribution is 0.343. The molecule has 0 atom stereocenters. The summed E-state index contributed by atoms with van der Waals surface area (Å²) >= 11 is 5.34. The number of H-pyrrole nitrogens is 1. The Bertz CT molecular complexity index is 745. The van der Waals surface area contributed by atoms with E-state index in [4.69, 9.17) is 21.5 Å². The summed E-state index contributed by atoms with van der Waals surface area (Å²) in [7, 11) is 0. The molecule has 6 nitrogen and oxygen atoms in total. The number of imidazole rings is 1. The fraction of sp³-hybridized carbons (Fsp3) is 0.250. The molecule has 98 valence electrons. The first-order valence-corrected chi connectivity index (χ1v) is 6.30. The zero-order valence-electron chi connectivity index (χ0n) is 10.3.